The first kappa shape index (κ1) is 13.9. The largest absolute Gasteiger partial charge is 0.478 e. The first-order valence-electron chi connectivity index (χ1n) is 6.48. The summed E-state index contributed by atoms with van der Waals surface area (Å²) in [4.78, 5) is 17.7. The zero-order chi connectivity index (χ0) is 14.3. The molecule has 1 saturated carbocycles. The fourth-order valence-corrected chi connectivity index (χ4v) is 3.44. The van der Waals surface area contributed by atoms with E-state index in [0.717, 1.165) is 19.3 Å². The van der Waals surface area contributed by atoms with E-state index >= 15 is 0 Å². The number of ether oxygens (including phenoxy) is 1. The van der Waals surface area contributed by atoms with Gasteiger partial charge in [0.25, 0.3) is 0 Å². The molecule has 2 heterocycles. The second-order valence-electron chi connectivity index (χ2n) is 5.21. The van der Waals surface area contributed by atoms with Crippen LogP contribution in [0.15, 0.2) is 6.07 Å². The molecule has 1 aromatic heterocycles. The van der Waals surface area contributed by atoms with Gasteiger partial charge in [-0.25, -0.2) is 9.78 Å². The topological polar surface area (TPSA) is 62.7 Å². The number of rotatable bonds is 2. The highest BCUT2D eigenvalue weighted by Crippen LogP contribution is 2.43. The number of hydrogen-bond donors (Lipinski definition) is 1. The molecule has 0 amide bonds. The van der Waals surface area contributed by atoms with Crippen LogP contribution in [0.4, 0.5) is 5.82 Å². The van der Waals surface area contributed by atoms with Crippen molar-refractivity contribution in [2.75, 3.05) is 24.7 Å². The maximum atomic E-state index is 11.5. The molecule has 0 atom stereocenters. The second kappa shape index (κ2) is 5.06. The molecule has 0 aromatic carbocycles. The van der Waals surface area contributed by atoms with E-state index in [1.165, 1.54) is 6.07 Å². The summed E-state index contributed by atoms with van der Waals surface area (Å²) in [6.07, 6.45) is 3.05. The molecule has 1 N–H and O–H groups in total. The highest BCUT2D eigenvalue weighted by atomic mass is 35.5. The third-order valence-corrected chi connectivity index (χ3v) is 4.57. The fraction of sp³-hybridized carbons (Fsp3) is 0.538. The molecule has 5 nitrogen and oxygen atoms in total. The van der Waals surface area contributed by atoms with Gasteiger partial charge in [0.15, 0.2) is 0 Å². The average molecular weight is 317 g/mol. The van der Waals surface area contributed by atoms with E-state index in [1.807, 2.05) is 4.90 Å². The lowest BCUT2D eigenvalue weighted by molar-refractivity contribution is 0.0127. The van der Waals surface area contributed by atoms with Gasteiger partial charge in [-0.1, -0.05) is 23.2 Å². The van der Waals surface area contributed by atoms with Gasteiger partial charge in [0.2, 0.25) is 0 Å². The number of morpholine rings is 1. The molecule has 1 aliphatic heterocycles. The van der Waals surface area contributed by atoms with E-state index in [2.05, 4.69) is 4.98 Å². The molecular formula is C13H14Cl2N2O3. The van der Waals surface area contributed by atoms with Gasteiger partial charge in [0, 0.05) is 6.54 Å². The summed E-state index contributed by atoms with van der Waals surface area (Å²) in [5, 5.41) is 9.73. The van der Waals surface area contributed by atoms with Crippen molar-refractivity contribution in [1.82, 2.24) is 4.98 Å². The Morgan fingerprint density at radius 1 is 1.45 bits per heavy atom. The van der Waals surface area contributed by atoms with Gasteiger partial charge in [-0.2, -0.15) is 0 Å². The zero-order valence-corrected chi connectivity index (χ0v) is 12.2. The summed E-state index contributed by atoms with van der Waals surface area (Å²) in [6.45, 7) is 1.74. The Hall–Kier alpha value is -1.04. The summed E-state index contributed by atoms with van der Waals surface area (Å²) in [6, 6.07) is 1.37. The number of aromatic nitrogens is 1. The van der Waals surface area contributed by atoms with Crippen LogP contribution in [0.25, 0.3) is 0 Å². The van der Waals surface area contributed by atoms with Gasteiger partial charge in [-0.05, 0) is 25.3 Å². The average Bonchev–Trinajstić information content (AvgIpc) is 2.35. The van der Waals surface area contributed by atoms with E-state index in [9.17, 15) is 9.90 Å². The van der Waals surface area contributed by atoms with E-state index in [4.69, 9.17) is 27.9 Å². The van der Waals surface area contributed by atoms with Gasteiger partial charge in [-0.15, -0.1) is 0 Å². The normalized spacial score (nSPS) is 20.8. The summed E-state index contributed by atoms with van der Waals surface area (Å²) in [7, 11) is 0. The maximum absolute atomic E-state index is 11.5. The monoisotopic (exact) mass is 316 g/mol. The fourth-order valence-electron chi connectivity index (χ4n) is 2.93. The van der Waals surface area contributed by atoms with Crippen LogP contribution < -0.4 is 4.90 Å². The van der Waals surface area contributed by atoms with Crippen LogP contribution in [0, 0.1) is 0 Å². The SMILES string of the molecule is O=C(O)c1c(Cl)cc(Cl)nc1N1CCOCC12CCC2. The van der Waals surface area contributed by atoms with E-state index in [1.54, 1.807) is 0 Å². The number of carboxylic acids is 1. The van der Waals surface area contributed by atoms with Crippen molar-refractivity contribution in [3.05, 3.63) is 21.8 Å². The highest BCUT2D eigenvalue weighted by Gasteiger charge is 2.46. The molecular weight excluding hydrogens is 303 g/mol. The maximum Gasteiger partial charge on any atom is 0.341 e. The Bertz CT molecular complexity index is 561. The minimum absolute atomic E-state index is 0.0178. The first-order valence-corrected chi connectivity index (χ1v) is 7.24. The van der Waals surface area contributed by atoms with Crippen molar-refractivity contribution in [3.8, 4) is 0 Å². The molecule has 20 heavy (non-hydrogen) atoms. The summed E-state index contributed by atoms with van der Waals surface area (Å²) in [5.74, 6) is -0.729. The van der Waals surface area contributed by atoms with Gasteiger partial charge >= 0.3 is 5.97 Å². The van der Waals surface area contributed by atoms with E-state index in [-0.39, 0.29) is 21.3 Å². The lowest BCUT2D eigenvalue weighted by Crippen LogP contribution is -2.61. The van der Waals surface area contributed by atoms with E-state index < -0.39 is 5.97 Å². The number of carbonyl (C=O) groups is 1. The number of halogens is 2. The van der Waals surface area contributed by atoms with Crippen LogP contribution >= 0.6 is 23.2 Å². The molecule has 7 heteroatoms. The second-order valence-corrected chi connectivity index (χ2v) is 6.01. The number of nitrogens with zero attached hydrogens (tertiary/aromatic N) is 2. The zero-order valence-electron chi connectivity index (χ0n) is 10.7. The number of hydrogen-bond acceptors (Lipinski definition) is 4. The van der Waals surface area contributed by atoms with Gasteiger partial charge in [-0.3, -0.25) is 0 Å². The molecule has 2 fully saturated rings. The third kappa shape index (κ3) is 2.14. The van der Waals surface area contributed by atoms with Crippen LogP contribution in [0.2, 0.25) is 10.2 Å². The Labute approximate surface area is 126 Å². The lowest BCUT2D eigenvalue weighted by Gasteiger charge is -2.53. The van der Waals surface area contributed by atoms with Crippen molar-refractivity contribution in [2.24, 2.45) is 0 Å². The molecule has 108 valence electrons. The predicted octanol–water partition coefficient (Wildman–Crippen LogP) is 2.85. The molecule has 3 rings (SSSR count). The summed E-state index contributed by atoms with van der Waals surface area (Å²) in [5.41, 5.74) is -0.132. The quantitative estimate of drug-likeness (QED) is 0.850. The van der Waals surface area contributed by atoms with Crippen LogP contribution in [-0.2, 0) is 4.74 Å². The van der Waals surface area contributed by atoms with Crippen molar-refractivity contribution in [2.45, 2.75) is 24.8 Å². The van der Waals surface area contributed by atoms with Gasteiger partial charge in [0.05, 0.1) is 23.8 Å². The highest BCUT2D eigenvalue weighted by molar-refractivity contribution is 6.36. The van der Waals surface area contributed by atoms with Gasteiger partial charge in [0.1, 0.15) is 16.5 Å². The smallest absolute Gasteiger partial charge is 0.341 e. The van der Waals surface area contributed by atoms with Crippen molar-refractivity contribution < 1.29 is 14.6 Å². The first-order chi connectivity index (χ1) is 9.53. The van der Waals surface area contributed by atoms with Crippen molar-refractivity contribution >= 4 is 35.0 Å². The molecule has 2 aliphatic rings. The molecule has 0 bridgehead atoms. The number of carboxylic acid groups (broad SMARTS) is 1. The van der Waals surface area contributed by atoms with E-state index in [0.29, 0.717) is 25.6 Å². The van der Waals surface area contributed by atoms with Crippen molar-refractivity contribution in [1.29, 1.82) is 0 Å². The van der Waals surface area contributed by atoms with Crippen LogP contribution in [0.3, 0.4) is 0 Å². The molecule has 0 radical (unpaired) electrons. The Morgan fingerprint density at radius 2 is 2.20 bits per heavy atom. The molecule has 1 aliphatic carbocycles. The predicted molar refractivity (Wildman–Crippen MR) is 76.0 cm³/mol. The lowest BCUT2D eigenvalue weighted by atomic mass is 9.75. The Kier molecular flexibility index (Phi) is 3.52. The minimum Gasteiger partial charge on any atom is -0.478 e. The van der Waals surface area contributed by atoms with Crippen LogP contribution in [0.5, 0.6) is 0 Å². The van der Waals surface area contributed by atoms with Gasteiger partial charge < -0.3 is 14.7 Å². The number of anilines is 1. The van der Waals surface area contributed by atoms with Crippen LogP contribution in [0.1, 0.15) is 29.6 Å². The Balaban J connectivity index is 2.10. The molecule has 1 aromatic rings. The summed E-state index contributed by atoms with van der Waals surface area (Å²) >= 11 is 12.0. The minimum atomic E-state index is -1.09. The molecule has 1 spiro atoms. The molecule has 0 unspecified atom stereocenters. The molecule has 1 saturated heterocycles. The van der Waals surface area contributed by atoms with Crippen molar-refractivity contribution in [3.63, 3.8) is 0 Å². The summed E-state index contributed by atoms with van der Waals surface area (Å²) < 4.78 is 5.56. The third-order valence-electron chi connectivity index (χ3n) is 4.08. The number of aromatic carboxylic acids is 1. The Morgan fingerprint density at radius 3 is 2.80 bits per heavy atom. The van der Waals surface area contributed by atoms with Crippen LogP contribution in [-0.4, -0.2) is 41.4 Å². The number of pyridine rings is 1. The standard InChI is InChI=1S/C13H14Cl2N2O3/c14-8-6-9(15)16-11(10(8)12(18)19)17-4-5-20-7-13(17)2-1-3-13/h6H,1-5,7H2,(H,18,19).